The summed E-state index contributed by atoms with van der Waals surface area (Å²) in [5.41, 5.74) is 1.23. The molecule has 4 nitrogen and oxygen atoms in total. The molecule has 84 valence electrons. The summed E-state index contributed by atoms with van der Waals surface area (Å²) >= 11 is 0. The van der Waals surface area contributed by atoms with Crippen molar-refractivity contribution in [1.29, 1.82) is 0 Å². The minimum atomic E-state index is 0.247. The van der Waals surface area contributed by atoms with Gasteiger partial charge >= 0.3 is 0 Å². The maximum atomic E-state index is 9.03. The number of aliphatic hydroxyl groups is 1. The molecule has 15 heavy (non-hydrogen) atoms. The molecule has 1 N–H and O–H groups in total. The van der Waals surface area contributed by atoms with Crippen molar-refractivity contribution in [3.63, 3.8) is 0 Å². The number of hydrogen-bond donors (Lipinski definition) is 1. The summed E-state index contributed by atoms with van der Waals surface area (Å²) in [7, 11) is 1.93. The summed E-state index contributed by atoms with van der Waals surface area (Å²) in [4.78, 5) is 2.36. The second-order valence-corrected chi connectivity index (χ2v) is 4.30. The minimum absolute atomic E-state index is 0.247. The Morgan fingerprint density at radius 2 is 2.40 bits per heavy atom. The number of aromatic nitrogens is 2. The molecule has 1 aliphatic carbocycles. The van der Waals surface area contributed by atoms with Gasteiger partial charge in [-0.15, -0.1) is 0 Å². The van der Waals surface area contributed by atoms with Gasteiger partial charge in [-0.25, -0.2) is 0 Å². The lowest BCUT2D eigenvalue weighted by Crippen LogP contribution is -2.41. The zero-order chi connectivity index (χ0) is 10.7. The Bertz CT molecular complexity index is 307. The molecule has 1 saturated carbocycles. The zero-order valence-electron chi connectivity index (χ0n) is 9.26. The maximum Gasteiger partial charge on any atom is 0.0558 e. The molecule has 0 saturated heterocycles. The lowest BCUT2D eigenvalue weighted by atomic mass is 9.91. The van der Waals surface area contributed by atoms with E-state index >= 15 is 0 Å². The molecule has 1 fully saturated rings. The van der Waals surface area contributed by atoms with E-state index in [1.807, 2.05) is 24.1 Å². The van der Waals surface area contributed by atoms with E-state index in [1.165, 1.54) is 24.8 Å². The summed E-state index contributed by atoms with van der Waals surface area (Å²) in [5, 5.41) is 13.2. The highest BCUT2D eigenvalue weighted by atomic mass is 16.3. The van der Waals surface area contributed by atoms with Crippen molar-refractivity contribution in [2.24, 2.45) is 7.05 Å². The van der Waals surface area contributed by atoms with Crippen molar-refractivity contribution in [2.45, 2.75) is 31.8 Å². The fraction of sp³-hybridized carbons (Fsp3) is 0.727. The van der Waals surface area contributed by atoms with Gasteiger partial charge in [0.2, 0.25) is 0 Å². The van der Waals surface area contributed by atoms with Gasteiger partial charge in [0, 0.05) is 37.9 Å². The van der Waals surface area contributed by atoms with E-state index in [0.29, 0.717) is 6.04 Å². The van der Waals surface area contributed by atoms with Gasteiger partial charge in [0.05, 0.1) is 12.8 Å². The first-order valence-electron chi connectivity index (χ1n) is 5.62. The lowest BCUT2D eigenvalue weighted by Gasteiger charge is -2.37. The van der Waals surface area contributed by atoms with Crippen LogP contribution in [0.3, 0.4) is 0 Å². The largest absolute Gasteiger partial charge is 0.395 e. The molecule has 2 rings (SSSR count). The van der Waals surface area contributed by atoms with Crippen LogP contribution < -0.4 is 0 Å². The first-order valence-corrected chi connectivity index (χ1v) is 5.62. The molecule has 0 aromatic carbocycles. The van der Waals surface area contributed by atoms with Crippen LogP contribution in [0.5, 0.6) is 0 Å². The predicted octanol–water partition coefficient (Wildman–Crippen LogP) is 0.767. The van der Waals surface area contributed by atoms with Crippen molar-refractivity contribution in [1.82, 2.24) is 14.7 Å². The summed E-state index contributed by atoms with van der Waals surface area (Å²) in [6.07, 6.45) is 7.84. The van der Waals surface area contributed by atoms with E-state index in [2.05, 4.69) is 10.00 Å². The SMILES string of the molecule is Cn1cc(CN(CCO)C2CCC2)cn1. The molecule has 0 bridgehead atoms. The minimum Gasteiger partial charge on any atom is -0.395 e. The smallest absolute Gasteiger partial charge is 0.0558 e. The van der Waals surface area contributed by atoms with Gasteiger partial charge in [-0.2, -0.15) is 5.10 Å². The molecular weight excluding hydrogens is 190 g/mol. The number of hydrogen-bond acceptors (Lipinski definition) is 3. The normalized spacial score (nSPS) is 17.0. The topological polar surface area (TPSA) is 41.3 Å². The maximum absolute atomic E-state index is 9.03. The summed E-state index contributed by atoms with van der Waals surface area (Å²) in [5.74, 6) is 0. The van der Waals surface area contributed by atoms with E-state index in [0.717, 1.165) is 13.1 Å². The van der Waals surface area contributed by atoms with Crippen LogP contribution in [0.4, 0.5) is 0 Å². The highest BCUT2D eigenvalue weighted by Crippen LogP contribution is 2.25. The molecule has 4 heteroatoms. The van der Waals surface area contributed by atoms with Crippen LogP contribution in [0.1, 0.15) is 24.8 Å². The molecule has 1 aromatic heterocycles. The molecule has 0 amide bonds. The standard InChI is InChI=1S/C11H19N3O/c1-13-8-10(7-12-13)9-14(5-6-15)11-3-2-4-11/h7-8,11,15H,2-6,9H2,1H3. The zero-order valence-corrected chi connectivity index (χ0v) is 9.26. The van der Waals surface area contributed by atoms with E-state index < -0.39 is 0 Å². The molecule has 1 aliphatic rings. The lowest BCUT2D eigenvalue weighted by molar-refractivity contribution is 0.0945. The van der Waals surface area contributed by atoms with E-state index in [4.69, 9.17) is 5.11 Å². The van der Waals surface area contributed by atoms with Crippen molar-refractivity contribution < 1.29 is 5.11 Å². The Kier molecular flexibility index (Phi) is 3.38. The van der Waals surface area contributed by atoms with E-state index in [-0.39, 0.29) is 6.61 Å². The molecule has 0 atom stereocenters. The summed E-state index contributed by atoms with van der Waals surface area (Å²) < 4.78 is 1.83. The quantitative estimate of drug-likeness (QED) is 0.778. The average Bonchev–Trinajstić information content (AvgIpc) is 2.48. The predicted molar refractivity (Wildman–Crippen MR) is 58.3 cm³/mol. The van der Waals surface area contributed by atoms with Crippen LogP contribution in [0.2, 0.25) is 0 Å². The molecule has 1 heterocycles. The van der Waals surface area contributed by atoms with Crippen LogP contribution >= 0.6 is 0 Å². The second kappa shape index (κ2) is 4.77. The number of rotatable bonds is 5. The van der Waals surface area contributed by atoms with E-state index in [1.54, 1.807) is 0 Å². The Morgan fingerprint density at radius 3 is 2.87 bits per heavy atom. The second-order valence-electron chi connectivity index (χ2n) is 4.30. The van der Waals surface area contributed by atoms with Crippen molar-refractivity contribution in [2.75, 3.05) is 13.2 Å². The number of aryl methyl sites for hydroxylation is 1. The molecule has 0 aliphatic heterocycles. The van der Waals surface area contributed by atoms with Gasteiger partial charge in [0.15, 0.2) is 0 Å². The Labute approximate surface area is 90.5 Å². The van der Waals surface area contributed by atoms with Gasteiger partial charge in [-0.3, -0.25) is 9.58 Å². The third-order valence-corrected chi connectivity index (χ3v) is 3.12. The van der Waals surface area contributed by atoms with Gasteiger partial charge in [-0.05, 0) is 12.8 Å². The Balaban J connectivity index is 1.93. The molecule has 0 spiro atoms. The molecular formula is C11H19N3O. The molecule has 1 aromatic rings. The Morgan fingerprint density at radius 1 is 1.60 bits per heavy atom. The Hall–Kier alpha value is -0.870. The fourth-order valence-electron chi connectivity index (χ4n) is 2.06. The van der Waals surface area contributed by atoms with Crippen LogP contribution in [-0.2, 0) is 13.6 Å². The third-order valence-electron chi connectivity index (χ3n) is 3.12. The highest BCUT2D eigenvalue weighted by molar-refractivity contribution is 5.04. The number of nitrogens with zero attached hydrogens (tertiary/aromatic N) is 3. The van der Waals surface area contributed by atoms with Crippen LogP contribution in [0, 0.1) is 0 Å². The number of aliphatic hydroxyl groups excluding tert-OH is 1. The van der Waals surface area contributed by atoms with Crippen molar-refractivity contribution >= 4 is 0 Å². The fourth-order valence-corrected chi connectivity index (χ4v) is 2.06. The first kappa shape index (κ1) is 10.6. The van der Waals surface area contributed by atoms with Crippen LogP contribution in [-0.4, -0.2) is 39.0 Å². The highest BCUT2D eigenvalue weighted by Gasteiger charge is 2.24. The van der Waals surface area contributed by atoms with E-state index in [9.17, 15) is 0 Å². The summed E-state index contributed by atoms with van der Waals surface area (Å²) in [6.45, 7) is 1.94. The monoisotopic (exact) mass is 209 g/mol. The van der Waals surface area contributed by atoms with Crippen LogP contribution in [0.15, 0.2) is 12.4 Å². The third kappa shape index (κ3) is 2.58. The van der Waals surface area contributed by atoms with Gasteiger partial charge < -0.3 is 5.11 Å². The molecule has 0 radical (unpaired) electrons. The van der Waals surface area contributed by atoms with Crippen LogP contribution in [0.25, 0.3) is 0 Å². The average molecular weight is 209 g/mol. The van der Waals surface area contributed by atoms with Crippen molar-refractivity contribution in [3.05, 3.63) is 18.0 Å². The van der Waals surface area contributed by atoms with Gasteiger partial charge in [0.25, 0.3) is 0 Å². The van der Waals surface area contributed by atoms with Gasteiger partial charge in [-0.1, -0.05) is 6.42 Å². The van der Waals surface area contributed by atoms with Crippen molar-refractivity contribution in [3.8, 4) is 0 Å². The van der Waals surface area contributed by atoms with Gasteiger partial charge in [0.1, 0.15) is 0 Å². The summed E-state index contributed by atoms with van der Waals surface area (Å²) in [6, 6.07) is 0.678. The molecule has 0 unspecified atom stereocenters. The first-order chi connectivity index (χ1) is 7.29.